The molecule has 0 unspecified atom stereocenters. The van der Waals surface area contributed by atoms with E-state index in [1.54, 1.807) is 0 Å². The van der Waals surface area contributed by atoms with Crippen molar-refractivity contribution in [2.45, 2.75) is 51.7 Å². The number of ether oxygens (including phenoxy) is 1. The summed E-state index contributed by atoms with van der Waals surface area (Å²) < 4.78 is 11.7. The van der Waals surface area contributed by atoms with Crippen molar-refractivity contribution in [2.24, 2.45) is 0 Å². The maximum absolute atomic E-state index is 6.00. The fourth-order valence-electron chi connectivity index (χ4n) is 2.16. The molecule has 0 aliphatic heterocycles. The fraction of sp³-hybridized carbons (Fsp3) is 0.571. The van der Waals surface area contributed by atoms with Crippen LogP contribution in [-0.4, -0.2) is 21.2 Å². The Kier molecular flexibility index (Phi) is 4.84. The van der Waals surface area contributed by atoms with Crippen molar-refractivity contribution in [3.05, 3.63) is 34.3 Å². The maximum atomic E-state index is 6.00. The molecule has 1 saturated carbocycles. The van der Waals surface area contributed by atoms with E-state index in [0.29, 0.717) is 18.8 Å². The van der Waals surface area contributed by atoms with Crippen LogP contribution in [0.15, 0.2) is 18.2 Å². The highest BCUT2D eigenvalue weighted by atomic mass is 35.5. The van der Waals surface area contributed by atoms with E-state index < -0.39 is 9.04 Å². The molecule has 1 fully saturated rings. The molecular weight excluding hydrogens is 264 g/mol. The van der Waals surface area contributed by atoms with Gasteiger partial charge in [-0.3, -0.25) is 0 Å². The zero-order valence-electron chi connectivity index (χ0n) is 11.3. The molecule has 100 valence electrons. The van der Waals surface area contributed by atoms with Gasteiger partial charge in [0.05, 0.1) is 12.7 Å². The summed E-state index contributed by atoms with van der Waals surface area (Å²) in [7, 11) is -0.884. The molecule has 0 atom stereocenters. The van der Waals surface area contributed by atoms with Crippen LogP contribution >= 0.6 is 11.6 Å². The van der Waals surface area contributed by atoms with Gasteiger partial charge in [0.25, 0.3) is 0 Å². The Hall–Kier alpha value is -0.353. The average Bonchev–Trinajstić information content (AvgIpc) is 2.25. The van der Waals surface area contributed by atoms with Crippen molar-refractivity contribution in [2.75, 3.05) is 0 Å². The Balaban J connectivity index is 1.72. The molecule has 0 bridgehead atoms. The summed E-state index contributed by atoms with van der Waals surface area (Å²) in [5, 5.41) is 0.817. The predicted octanol–water partition coefficient (Wildman–Crippen LogP) is 3.70. The third-order valence-electron chi connectivity index (χ3n) is 3.22. The molecule has 1 aromatic carbocycles. The van der Waals surface area contributed by atoms with Gasteiger partial charge in [-0.25, -0.2) is 0 Å². The quantitative estimate of drug-likeness (QED) is 0.768. The van der Waals surface area contributed by atoms with Gasteiger partial charge in [-0.05, 0) is 50.1 Å². The smallest absolute Gasteiger partial charge is 0.171 e. The van der Waals surface area contributed by atoms with E-state index in [4.69, 9.17) is 20.8 Å². The third-order valence-corrected chi connectivity index (χ3v) is 4.58. The molecule has 18 heavy (non-hydrogen) atoms. The summed E-state index contributed by atoms with van der Waals surface area (Å²) in [6.07, 6.45) is 2.93. The monoisotopic (exact) mass is 284 g/mol. The van der Waals surface area contributed by atoms with Crippen LogP contribution in [0.3, 0.4) is 0 Å². The molecule has 1 aromatic rings. The SMILES string of the molecule is Cc1cc(CO[C@H]2C[C@@H](O[SiH](C)C)C2)ccc1Cl. The minimum Gasteiger partial charge on any atom is -0.417 e. The molecule has 2 rings (SSSR count). The number of rotatable bonds is 5. The first-order valence-corrected chi connectivity index (χ1v) is 9.72. The van der Waals surface area contributed by atoms with Gasteiger partial charge in [0.2, 0.25) is 0 Å². The maximum Gasteiger partial charge on any atom is 0.171 e. The third kappa shape index (κ3) is 3.82. The number of aryl methyl sites for hydroxylation is 1. The number of benzene rings is 1. The molecule has 0 spiro atoms. The van der Waals surface area contributed by atoms with Crippen LogP contribution in [0.4, 0.5) is 0 Å². The zero-order chi connectivity index (χ0) is 13.1. The van der Waals surface area contributed by atoms with Gasteiger partial charge in [0.15, 0.2) is 9.04 Å². The van der Waals surface area contributed by atoms with Crippen molar-refractivity contribution < 1.29 is 9.16 Å². The first kappa shape index (κ1) is 14.1. The molecular formula is C14H21ClO2Si. The van der Waals surface area contributed by atoms with E-state index in [1.165, 1.54) is 5.56 Å². The van der Waals surface area contributed by atoms with E-state index in [1.807, 2.05) is 19.1 Å². The predicted molar refractivity (Wildman–Crippen MR) is 77.8 cm³/mol. The van der Waals surface area contributed by atoms with E-state index in [2.05, 4.69) is 19.2 Å². The summed E-state index contributed by atoms with van der Waals surface area (Å²) in [6, 6.07) is 6.06. The Bertz CT molecular complexity index is 403. The first-order chi connectivity index (χ1) is 8.54. The molecule has 0 saturated heterocycles. The second kappa shape index (κ2) is 6.20. The van der Waals surface area contributed by atoms with Crippen molar-refractivity contribution in [1.82, 2.24) is 0 Å². The van der Waals surface area contributed by atoms with E-state index in [0.717, 1.165) is 23.4 Å². The second-order valence-electron chi connectivity index (χ2n) is 5.29. The Morgan fingerprint density at radius 2 is 2.00 bits per heavy atom. The minimum atomic E-state index is -0.884. The second-order valence-corrected chi connectivity index (χ2v) is 8.07. The molecule has 2 nitrogen and oxygen atoms in total. The topological polar surface area (TPSA) is 18.5 Å². The number of hydrogen-bond acceptors (Lipinski definition) is 2. The molecule has 4 heteroatoms. The summed E-state index contributed by atoms with van der Waals surface area (Å²) in [5.41, 5.74) is 2.30. The van der Waals surface area contributed by atoms with Crippen LogP contribution in [0.25, 0.3) is 0 Å². The lowest BCUT2D eigenvalue weighted by Gasteiger charge is -2.36. The Labute approximate surface area is 116 Å². The lowest BCUT2D eigenvalue weighted by Crippen LogP contribution is -2.39. The van der Waals surface area contributed by atoms with Gasteiger partial charge >= 0.3 is 0 Å². The van der Waals surface area contributed by atoms with E-state index >= 15 is 0 Å². The molecule has 0 N–H and O–H groups in total. The largest absolute Gasteiger partial charge is 0.417 e. The summed E-state index contributed by atoms with van der Waals surface area (Å²) in [4.78, 5) is 0. The normalized spacial score (nSPS) is 23.2. The summed E-state index contributed by atoms with van der Waals surface area (Å²) in [5.74, 6) is 0. The number of halogens is 1. The lowest BCUT2D eigenvalue weighted by molar-refractivity contribution is -0.0692. The Morgan fingerprint density at radius 1 is 1.28 bits per heavy atom. The first-order valence-electron chi connectivity index (χ1n) is 6.56. The van der Waals surface area contributed by atoms with Gasteiger partial charge in [-0.2, -0.15) is 0 Å². The molecule has 0 heterocycles. The molecule has 0 radical (unpaired) electrons. The van der Waals surface area contributed by atoms with Gasteiger partial charge in [-0.15, -0.1) is 0 Å². The van der Waals surface area contributed by atoms with Gasteiger partial charge in [0, 0.05) is 11.1 Å². The van der Waals surface area contributed by atoms with Crippen molar-refractivity contribution in [3.63, 3.8) is 0 Å². The Morgan fingerprint density at radius 3 is 2.61 bits per heavy atom. The molecule has 0 aromatic heterocycles. The van der Waals surface area contributed by atoms with Crippen LogP contribution in [0.5, 0.6) is 0 Å². The average molecular weight is 285 g/mol. The van der Waals surface area contributed by atoms with Crippen LogP contribution in [0.2, 0.25) is 18.1 Å². The van der Waals surface area contributed by atoms with Crippen molar-refractivity contribution in [1.29, 1.82) is 0 Å². The van der Waals surface area contributed by atoms with Gasteiger partial charge < -0.3 is 9.16 Å². The lowest BCUT2D eigenvalue weighted by atomic mass is 9.92. The molecule has 0 amide bonds. The minimum absolute atomic E-state index is 0.374. The van der Waals surface area contributed by atoms with E-state index in [9.17, 15) is 0 Å². The standard InChI is InChI=1S/C14H21ClO2Si/c1-10-6-11(4-5-14(10)15)9-16-12-7-13(8-12)17-18(2)3/h4-6,12-13,18H,7-9H2,1-3H3/t12-,13+. The van der Waals surface area contributed by atoms with Gasteiger partial charge in [0.1, 0.15) is 0 Å². The summed E-state index contributed by atoms with van der Waals surface area (Å²) in [6.45, 7) is 7.12. The van der Waals surface area contributed by atoms with Crippen molar-refractivity contribution >= 4 is 20.6 Å². The van der Waals surface area contributed by atoms with Crippen LogP contribution in [0, 0.1) is 6.92 Å². The zero-order valence-corrected chi connectivity index (χ0v) is 13.2. The van der Waals surface area contributed by atoms with E-state index in [-0.39, 0.29) is 0 Å². The van der Waals surface area contributed by atoms with Crippen molar-refractivity contribution in [3.8, 4) is 0 Å². The summed E-state index contributed by atoms with van der Waals surface area (Å²) >= 11 is 6.00. The highest BCUT2D eigenvalue weighted by Crippen LogP contribution is 2.28. The molecule has 1 aliphatic rings. The highest BCUT2D eigenvalue weighted by Gasteiger charge is 2.30. The number of hydrogen-bond donors (Lipinski definition) is 0. The molecule has 1 aliphatic carbocycles. The highest BCUT2D eigenvalue weighted by molar-refractivity contribution is 6.48. The van der Waals surface area contributed by atoms with Crippen LogP contribution in [-0.2, 0) is 15.8 Å². The fourth-order valence-corrected chi connectivity index (χ4v) is 3.27. The van der Waals surface area contributed by atoms with Gasteiger partial charge in [-0.1, -0.05) is 23.7 Å². The van der Waals surface area contributed by atoms with Crippen LogP contribution < -0.4 is 0 Å². The van der Waals surface area contributed by atoms with Crippen LogP contribution in [0.1, 0.15) is 24.0 Å².